The number of amides is 1. The van der Waals surface area contributed by atoms with Crippen LogP contribution < -0.4 is 11.1 Å². The Morgan fingerprint density at radius 3 is 2.64 bits per heavy atom. The molecule has 2 aromatic heterocycles. The normalized spacial score (nSPS) is 11.2. The van der Waals surface area contributed by atoms with Gasteiger partial charge in [0.25, 0.3) is 0 Å². The van der Waals surface area contributed by atoms with Crippen molar-refractivity contribution < 1.29 is 4.79 Å². The summed E-state index contributed by atoms with van der Waals surface area (Å²) in [5.74, 6) is -0.337. The highest BCUT2D eigenvalue weighted by molar-refractivity contribution is 5.87. The quantitative estimate of drug-likeness (QED) is 0.523. The fourth-order valence-electron chi connectivity index (χ4n) is 3.70. The Morgan fingerprint density at radius 2 is 1.86 bits per heavy atom. The molecule has 4 rings (SSSR count). The van der Waals surface area contributed by atoms with Gasteiger partial charge in [0.15, 0.2) is 0 Å². The number of primary amides is 1. The third-order valence-corrected chi connectivity index (χ3v) is 5.04. The molecule has 0 aliphatic rings. The van der Waals surface area contributed by atoms with E-state index in [2.05, 4.69) is 28.6 Å². The van der Waals surface area contributed by atoms with Gasteiger partial charge in [-0.2, -0.15) is 5.10 Å². The van der Waals surface area contributed by atoms with Crippen molar-refractivity contribution in [3.05, 3.63) is 83.8 Å². The van der Waals surface area contributed by atoms with Gasteiger partial charge in [0.1, 0.15) is 6.54 Å². The van der Waals surface area contributed by atoms with E-state index in [9.17, 15) is 4.79 Å². The summed E-state index contributed by atoms with van der Waals surface area (Å²) in [6, 6.07) is 18.3. The van der Waals surface area contributed by atoms with Gasteiger partial charge in [0.2, 0.25) is 5.91 Å². The van der Waals surface area contributed by atoms with Crippen LogP contribution in [0.25, 0.3) is 16.6 Å². The van der Waals surface area contributed by atoms with Crippen LogP contribution in [0.15, 0.2) is 67.0 Å². The number of nitrogens with zero attached hydrogens (tertiary/aromatic N) is 3. The average molecular weight is 373 g/mol. The Labute approximate surface area is 163 Å². The molecule has 1 amide bonds. The topological polar surface area (TPSA) is 77.9 Å². The van der Waals surface area contributed by atoms with Crippen LogP contribution in [-0.2, 0) is 24.4 Å². The lowest BCUT2D eigenvalue weighted by Gasteiger charge is -2.11. The minimum absolute atomic E-state index is 0.189. The van der Waals surface area contributed by atoms with Crippen molar-refractivity contribution in [2.45, 2.75) is 26.6 Å². The van der Waals surface area contributed by atoms with Crippen LogP contribution in [0.2, 0.25) is 0 Å². The average Bonchev–Trinajstić information content (AvgIpc) is 3.31. The number of carbonyl (C=O) groups is 1. The molecule has 3 N–H and O–H groups in total. The Balaban J connectivity index is 1.58. The monoisotopic (exact) mass is 373 g/mol. The number of carbonyl (C=O) groups excluding carboxylic acids is 1. The number of hydrogen-bond donors (Lipinski definition) is 2. The minimum Gasteiger partial charge on any atom is -0.368 e. The van der Waals surface area contributed by atoms with Gasteiger partial charge < -0.3 is 15.6 Å². The molecule has 0 atom stereocenters. The molecule has 142 valence electrons. The third-order valence-electron chi connectivity index (χ3n) is 5.04. The van der Waals surface area contributed by atoms with E-state index in [-0.39, 0.29) is 12.5 Å². The van der Waals surface area contributed by atoms with Crippen LogP contribution in [0.3, 0.4) is 0 Å². The van der Waals surface area contributed by atoms with Crippen molar-refractivity contribution in [2.75, 3.05) is 0 Å². The molecule has 0 aliphatic heterocycles. The van der Waals surface area contributed by atoms with Crippen molar-refractivity contribution in [3.8, 4) is 5.69 Å². The number of hydrogen-bond acceptors (Lipinski definition) is 3. The Bertz CT molecular complexity index is 1110. The van der Waals surface area contributed by atoms with Crippen molar-refractivity contribution in [1.29, 1.82) is 0 Å². The van der Waals surface area contributed by atoms with Crippen LogP contribution in [0.4, 0.5) is 0 Å². The summed E-state index contributed by atoms with van der Waals surface area (Å²) in [5, 5.41) is 9.04. The summed E-state index contributed by atoms with van der Waals surface area (Å²) in [6.07, 6.45) is 3.72. The van der Waals surface area contributed by atoms with Crippen LogP contribution in [0.5, 0.6) is 0 Å². The molecule has 6 heteroatoms. The fourth-order valence-corrected chi connectivity index (χ4v) is 3.70. The van der Waals surface area contributed by atoms with Gasteiger partial charge in [-0.25, -0.2) is 4.68 Å². The van der Waals surface area contributed by atoms with Gasteiger partial charge in [0.05, 0.1) is 5.69 Å². The van der Waals surface area contributed by atoms with E-state index in [0.29, 0.717) is 13.1 Å². The molecular weight excluding hydrogens is 350 g/mol. The molecule has 0 unspecified atom stereocenters. The summed E-state index contributed by atoms with van der Waals surface area (Å²) in [6.45, 7) is 3.64. The summed E-state index contributed by atoms with van der Waals surface area (Å²) < 4.78 is 3.87. The van der Waals surface area contributed by atoms with Crippen LogP contribution in [0.1, 0.15) is 16.8 Å². The van der Waals surface area contributed by atoms with Gasteiger partial charge in [-0.1, -0.05) is 36.4 Å². The van der Waals surface area contributed by atoms with Gasteiger partial charge in [-0.05, 0) is 36.2 Å². The van der Waals surface area contributed by atoms with Crippen LogP contribution in [-0.4, -0.2) is 20.3 Å². The molecule has 0 fully saturated rings. The van der Waals surface area contributed by atoms with Crippen molar-refractivity contribution in [3.63, 3.8) is 0 Å². The number of nitrogens with one attached hydrogen (secondary N) is 1. The van der Waals surface area contributed by atoms with Crippen LogP contribution >= 0.6 is 0 Å². The van der Waals surface area contributed by atoms with Crippen molar-refractivity contribution in [2.24, 2.45) is 5.73 Å². The lowest BCUT2D eigenvalue weighted by Crippen LogP contribution is -2.20. The van der Waals surface area contributed by atoms with Gasteiger partial charge >= 0.3 is 0 Å². The third kappa shape index (κ3) is 3.42. The lowest BCUT2D eigenvalue weighted by molar-refractivity contribution is -0.118. The number of para-hydroxylation sites is 2. The molecule has 0 aliphatic carbocycles. The predicted octanol–water partition coefficient (Wildman–Crippen LogP) is 2.91. The summed E-state index contributed by atoms with van der Waals surface area (Å²) in [7, 11) is 0. The highest BCUT2D eigenvalue weighted by Gasteiger charge is 2.15. The van der Waals surface area contributed by atoms with E-state index < -0.39 is 0 Å². The molecule has 0 saturated heterocycles. The van der Waals surface area contributed by atoms with Crippen molar-refractivity contribution >= 4 is 16.8 Å². The summed E-state index contributed by atoms with van der Waals surface area (Å²) in [5.41, 5.74) is 11.0. The second kappa shape index (κ2) is 7.70. The fraction of sp³-hybridized carbons (Fsp3) is 0.182. The second-order valence-corrected chi connectivity index (χ2v) is 6.82. The first kappa shape index (κ1) is 18.0. The standard InChI is InChI=1S/C22H23N5O/c1-16-19(18-8-3-5-10-21(18)26(16)15-22(23)28)14-24-13-17-7-2-4-9-20(17)27-12-6-11-25-27/h2-12,24H,13-15H2,1H3,(H2,23,28). The molecule has 28 heavy (non-hydrogen) atoms. The first-order chi connectivity index (χ1) is 13.6. The maximum absolute atomic E-state index is 11.5. The van der Waals surface area contributed by atoms with Gasteiger partial charge in [-0.15, -0.1) is 0 Å². The molecule has 0 saturated carbocycles. The summed E-state index contributed by atoms with van der Waals surface area (Å²) in [4.78, 5) is 11.5. The zero-order chi connectivity index (χ0) is 19.5. The SMILES string of the molecule is Cc1c(CNCc2ccccc2-n2cccn2)c2ccccc2n1CC(N)=O. The lowest BCUT2D eigenvalue weighted by atomic mass is 10.1. The van der Waals surface area contributed by atoms with Gasteiger partial charge in [-0.3, -0.25) is 4.79 Å². The van der Waals surface area contributed by atoms with E-state index in [4.69, 9.17) is 5.73 Å². The number of rotatable bonds is 7. The van der Waals surface area contributed by atoms with E-state index in [1.807, 2.05) is 58.8 Å². The maximum atomic E-state index is 11.5. The molecule has 2 aromatic carbocycles. The number of fused-ring (bicyclic) bond motifs is 1. The largest absolute Gasteiger partial charge is 0.368 e. The number of benzene rings is 2. The second-order valence-electron chi connectivity index (χ2n) is 6.82. The van der Waals surface area contributed by atoms with E-state index >= 15 is 0 Å². The Kier molecular flexibility index (Phi) is 4.95. The molecule has 4 aromatic rings. The maximum Gasteiger partial charge on any atom is 0.237 e. The first-order valence-electron chi connectivity index (χ1n) is 9.29. The van der Waals surface area contributed by atoms with E-state index in [1.165, 1.54) is 11.1 Å². The van der Waals surface area contributed by atoms with E-state index in [1.54, 1.807) is 6.20 Å². The first-order valence-corrected chi connectivity index (χ1v) is 9.29. The number of nitrogens with two attached hydrogens (primary N) is 1. The zero-order valence-corrected chi connectivity index (χ0v) is 15.8. The predicted molar refractivity (Wildman–Crippen MR) is 110 cm³/mol. The molecule has 0 bridgehead atoms. The molecule has 6 nitrogen and oxygen atoms in total. The molecule has 0 radical (unpaired) electrons. The minimum atomic E-state index is -0.337. The molecule has 2 heterocycles. The van der Waals surface area contributed by atoms with Crippen LogP contribution in [0, 0.1) is 6.92 Å². The molecular formula is C22H23N5O. The highest BCUT2D eigenvalue weighted by Crippen LogP contribution is 2.26. The molecule has 0 spiro atoms. The smallest absolute Gasteiger partial charge is 0.237 e. The van der Waals surface area contributed by atoms with Gasteiger partial charge in [0, 0.05) is 42.1 Å². The summed E-state index contributed by atoms with van der Waals surface area (Å²) >= 11 is 0. The number of aromatic nitrogens is 3. The Hall–Kier alpha value is -3.38. The van der Waals surface area contributed by atoms with Crippen molar-refractivity contribution in [1.82, 2.24) is 19.7 Å². The Morgan fingerprint density at radius 1 is 1.07 bits per heavy atom. The zero-order valence-electron chi connectivity index (χ0n) is 15.8. The highest BCUT2D eigenvalue weighted by atomic mass is 16.1. The van der Waals surface area contributed by atoms with E-state index in [0.717, 1.165) is 22.3 Å².